The van der Waals surface area contributed by atoms with Crippen LogP contribution in [0.3, 0.4) is 0 Å². The van der Waals surface area contributed by atoms with Crippen molar-refractivity contribution in [1.29, 1.82) is 0 Å². The number of rotatable bonds is 5. The van der Waals surface area contributed by atoms with Crippen molar-refractivity contribution in [3.05, 3.63) is 0 Å². The van der Waals surface area contributed by atoms with E-state index in [4.69, 9.17) is 0 Å². The van der Waals surface area contributed by atoms with Crippen molar-refractivity contribution in [2.45, 2.75) is 71.3 Å². The Labute approximate surface area is 135 Å². The number of carbonyl (C=O) groups is 1. The SMILES string of the molecule is C[C@@H](OCC(F)(F)F)C(=O)NCC1(O)CCC(C(C)(C)C)CC1. The molecule has 0 aromatic carbocycles. The number of amides is 1. The number of aliphatic hydroxyl groups is 1. The Morgan fingerprint density at radius 1 is 1.30 bits per heavy atom. The molecule has 0 aromatic heterocycles. The fourth-order valence-electron chi connectivity index (χ4n) is 2.89. The Hall–Kier alpha value is -0.820. The Morgan fingerprint density at radius 2 is 1.83 bits per heavy atom. The number of ether oxygens (including phenoxy) is 1. The van der Waals surface area contributed by atoms with Crippen LogP contribution in [0.5, 0.6) is 0 Å². The third-order valence-corrected chi connectivity index (χ3v) is 4.60. The van der Waals surface area contributed by atoms with Crippen LogP contribution >= 0.6 is 0 Å². The summed E-state index contributed by atoms with van der Waals surface area (Å²) in [5, 5.41) is 13.0. The molecule has 0 radical (unpaired) electrons. The first kappa shape index (κ1) is 20.2. The van der Waals surface area contributed by atoms with Gasteiger partial charge in [0.05, 0.1) is 5.60 Å². The number of carbonyl (C=O) groups excluding carboxylic acids is 1. The molecule has 4 nitrogen and oxygen atoms in total. The van der Waals surface area contributed by atoms with Crippen molar-refractivity contribution in [1.82, 2.24) is 5.32 Å². The average molecular weight is 339 g/mol. The highest BCUT2D eigenvalue weighted by atomic mass is 19.4. The molecule has 1 aliphatic rings. The highest BCUT2D eigenvalue weighted by Crippen LogP contribution is 2.41. The number of hydrogen-bond acceptors (Lipinski definition) is 3. The molecule has 1 atom stereocenters. The topological polar surface area (TPSA) is 58.6 Å². The highest BCUT2D eigenvalue weighted by Gasteiger charge is 2.38. The van der Waals surface area contributed by atoms with Crippen LogP contribution in [0.2, 0.25) is 0 Å². The summed E-state index contributed by atoms with van der Waals surface area (Å²) in [6.07, 6.45) is -2.77. The van der Waals surface area contributed by atoms with E-state index in [0.29, 0.717) is 18.8 Å². The van der Waals surface area contributed by atoms with E-state index in [0.717, 1.165) is 12.8 Å². The number of hydrogen-bond donors (Lipinski definition) is 2. The minimum Gasteiger partial charge on any atom is -0.388 e. The minimum atomic E-state index is -4.46. The van der Waals surface area contributed by atoms with Gasteiger partial charge in [-0.15, -0.1) is 0 Å². The number of nitrogens with one attached hydrogen (secondary N) is 1. The van der Waals surface area contributed by atoms with Crippen molar-refractivity contribution in [3.8, 4) is 0 Å². The maximum atomic E-state index is 12.1. The van der Waals surface area contributed by atoms with E-state index in [9.17, 15) is 23.1 Å². The second kappa shape index (κ2) is 7.38. The van der Waals surface area contributed by atoms with Crippen molar-refractivity contribution < 1.29 is 27.8 Å². The molecule has 1 aliphatic carbocycles. The van der Waals surface area contributed by atoms with Crippen LogP contribution in [0.4, 0.5) is 13.2 Å². The first-order valence-corrected chi connectivity index (χ1v) is 8.01. The van der Waals surface area contributed by atoms with Gasteiger partial charge in [0.2, 0.25) is 5.91 Å². The average Bonchev–Trinajstić information content (AvgIpc) is 2.41. The molecule has 2 N–H and O–H groups in total. The molecule has 136 valence electrons. The summed E-state index contributed by atoms with van der Waals surface area (Å²) in [4.78, 5) is 11.8. The van der Waals surface area contributed by atoms with E-state index in [2.05, 4.69) is 30.8 Å². The number of alkyl halides is 3. The van der Waals surface area contributed by atoms with Gasteiger partial charge in [0.15, 0.2) is 0 Å². The van der Waals surface area contributed by atoms with Gasteiger partial charge < -0.3 is 15.2 Å². The molecule has 1 amide bonds. The van der Waals surface area contributed by atoms with E-state index in [1.807, 2.05) is 0 Å². The van der Waals surface area contributed by atoms with Gasteiger partial charge in [-0.1, -0.05) is 20.8 Å². The van der Waals surface area contributed by atoms with Crippen molar-refractivity contribution in [3.63, 3.8) is 0 Å². The summed E-state index contributed by atoms with van der Waals surface area (Å²) in [6.45, 7) is 6.36. The van der Waals surface area contributed by atoms with Gasteiger partial charge in [0.25, 0.3) is 0 Å². The zero-order valence-corrected chi connectivity index (χ0v) is 14.3. The standard InChI is InChI=1S/C16H28F3NO3/c1-11(23-10-16(17,18)19)13(21)20-9-15(22)7-5-12(6-8-15)14(2,3)4/h11-12,22H,5-10H2,1-4H3,(H,20,21)/t11-,12?,15?/m1/s1. The van der Waals surface area contributed by atoms with Crippen LogP contribution in [0, 0.1) is 11.3 Å². The lowest BCUT2D eigenvalue weighted by Crippen LogP contribution is -2.48. The van der Waals surface area contributed by atoms with E-state index < -0.39 is 30.4 Å². The summed E-state index contributed by atoms with van der Waals surface area (Å²) in [5.74, 6) is -0.117. The van der Waals surface area contributed by atoms with Crippen LogP contribution in [0.25, 0.3) is 0 Å². The van der Waals surface area contributed by atoms with E-state index in [-0.39, 0.29) is 12.0 Å². The first-order valence-electron chi connectivity index (χ1n) is 8.01. The van der Waals surface area contributed by atoms with Gasteiger partial charge in [-0.2, -0.15) is 13.2 Å². The van der Waals surface area contributed by atoms with E-state index in [1.54, 1.807) is 0 Å². The molecule has 1 saturated carbocycles. The molecule has 0 aliphatic heterocycles. The molecule has 0 saturated heterocycles. The molecule has 0 spiro atoms. The van der Waals surface area contributed by atoms with Gasteiger partial charge in [-0.25, -0.2) is 0 Å². The molecular formula is C16H28F3NO3. The van der Waals surface area contributed by atoms with Crippen LogP contribution in [-0.4, -0.2) is 42.0 Å². The van der Waals surface area contributed by atoms with Crippen LogP contribution in [-0.2, 0) is 9.53 Å². The lowest BCUT2D eigenvalue weighted by Gasteiger charge is -2.41. The quantitative estimate of drug-likeness (QED) is 0.809. The molecule has 7 heteroatoms. The van der Waals surface area contributed by atoms with Gasteiger partial charge >= 0.3 is 6.18 Å². The Bertz CT molecular complexity index is 396. The molecule has 0 aromatic rings. The highest BCUT2D eigenvalue weighted by molar-refractivity contribution is 5.80. The van der Waals surface area contributed by atoms with Crippen molar-refractivity contribution in [2.24, 2.45) is 11.3 Å². The second-order valence-electron chi connectivity index (χ2n) is 7.65. The van der Waals surface area contributed by atoms with E-state index in [1.165, 1.54) is 6.92 Å². The predicted octanol–water partition coefficient (Wildman–Crippen LogP) is 3.04. The molecule has 0 bridgehead atoms. The third kappa shape index (κ3) is 7.08. The molecule has 0 heterocycles. The van der Waals surface area contributed by atoms with Gasteiger partial charge in [-0.05, 0) is 43.9 Å². The summed E-state index contributed by atoms with van der Waals surface area (Å²) >= 11 is 0. The maximum Gasteiger partial charge on any atom is 0.411 e. The third-order valence-electron chi connectivity index (χ3n) is 4.60. The monoisotopic (exact) mass is 339 g/mol. The molecule has 0 unspecified atom stereocenters. The normalized spacial score (nSPS) is 27.6. The maximum absolute atomic E-state index is 12.1. The summed E-state index contributed by atoms with van der Waals surface area (Å²) in [7, 11) is 0. The Balaban J connectivity index is 2.38. The van der Waals surface area contributed by atoms with Crippen molar-refractivity contribution >= 4 is 5.91 Å². The fourth-order valence-corrected chi connectivity index (χ4v) is 2.89. The Kier molecular flexibility index (Phi) is 6.49. The van der Waals surface area contributed by atoms with Crippen molar-refractivity contribution in [2.75, 3.05) is 13.2 Å². The van der Waals surface area contributed by atoms with Gasteiger partial charge in [-0.3, -0.25) is 4.79 Å². The lowest BCUT2D eigenvalue weighted by molar-refractivity contribution is -0.186. The first-order chi connectivity index (χ1) is 10.3. The summed E-state index contributed by atoms with van der Waals surface area (Å²) < 4.78 is 40.6. The minimum absolute atomic E-state index is 0.0441. The largest absolute Gasteiger partial charge is 0.411 e. The second-order valence-corrected chi connectivity index (χ2v) is 7.65. The van der Waals surface area contributed by atoms with Crippen LogP contribution in [0.15, 0.2) is 0 Å². The zero-order chi connectivity index (χ0) is 17.9. The van der Waals surface area contributed by atoms with Crippen LogP contribution in [0.1, 0.15) is 53.4 Å². The smallest absolute Gasteiger partial charge is 0.388 e. The molecule has 23 heavy (non-hydrogen) atoms. The fraction of sp³-hybridized carbons (Fsp3) is 0.938. The summed E-state index contributed by atoms with van der Waals surface area (Å²) in [6, 6.07) is 0. The molecule has 1 rings (SSSR count). The molecular weight excluding hydrogens is 311 g/mol. The predicted molar refractivity (Wildman–Crippen MR) is 80.8 cm³/mol. The van der Waals surface area contributed by atoms with Gasteiger partial charge in [0, 0.05) is 6.54 Å². The van der Waals surface area contributed by atoms with E-state index >= 15 is 0 Å². The lowest BCUT2D eigenvalue weighted by atomic mass is 9.68. The van der Waals surface area contributed by atoms with Crippen LogP contribution < -0.4 is 5.32 Å². The van der Waals surface area contributed by atoms with Gasteiger partial charge in [0.1, 0.15) is 12.7 Å². The number of halogens is 3. The molecule has 1 fully saturated rings. The zero-order valence-electron chi connectivity index (χ0n) is 14.3. The Morgan fingerprint density at radius 3 is 2.26 bits per heavy atom. The summed E-state index contributed by atoms with van der Waals surface area (Å²) in [5.41, 5.74) is -0.800.